The van der Waals surface area contributed by atoms with Crippen molar-refractivity contribution in [2.75, 3.05) is 13.7 Å². The van der Waals surface area contributed by atoms with Gasteiger partial charge in [0.05, 0.1) is 7.11 Å². The summed E-state index contributed by atoms with van der Waals surface area (Å²) in [4.78, 5) is 11.8. The number of nitrogens with zero attached hydrogens (tertiary/aromatic N) is 1. The Hall–Kier alpha value is -1.20. The van der Waals surface area contributed by atoms with E-state index in [-0.39, 0.29) is 6.04 Å². The minimum Gasteiger partial charge on any atom is -0.466 e. The molecular weight excluding hydrogens is 211 g/mol. The Balaban J connectivity index is 2.51. The highest BCUT2D eigenvalue weighted by Gasteiger charge is 2.36. The van der Waals surface area contributed by atoms with Gasteiger partial charge in [-0.15, -0.1) is 0 Å². The highest BCUT2D eigenvalue weighted by Crippen LogP contribution is 2.30. The summed E-state index contributed by atoms with van der Waals surface area (Å²) in [6.45, 7) is -1.02. The van der Waals surface area contributed by atoms with Crippen molar-refractivity contribution in [2.45, 2.75) is 25.1 Å². The molecule has 1 aliphatic carbocycles. The van der Waals surface area contributed by atoms with Gasteiger partial charge in [-0.1, -0.05) is 0 Å². The van der Waals surface area contributed by atoms with Gasteiger partial charge in [0.2, 0.25) is 0 Å². The largest absolute Gasteiger partial charge is 0.466 e. The number of esters is 1. The molecular formula is C9H12F3NO2. The topological polar surface area (TPSA) is 29.5 Å². The van der Waals surface area contributed by atoms with Crippen LogP contribution in [0.25, 0.3) is 0 Å². The third kappa shape index (κ3) is 4.71. The number of alkyl halides is 3. The Morgan fingerprint density at radius 3 is 2.53 bits per heavy atom. The van der Waals surface area contributed by atoms with Crippen LogP contribution >= 0.6 is 0 Å². The van der Waals surface area contributed by atoms with E-state index < -0.39 is 18.7 Å². The number of rotatable bonds is 4. The van der Waals surface area contributed by atoms with Crippen molar-refractivity contribution in [3.63, 3.8) is 0 Å². The van der Waals surface area contributed by atoms with Crippen LogP contribution in [-0.2, 0) is 9.53 Å². The lowest BCUT2D eigenvalue weighted by molar-refractivity contribution is -0.142. The standard InChI is InChI=1S/C9H12F3NO2/c1-15-8(14)4-5-13(7-2-3-7)6-9(10,11)12/h4-5,7H,2-3,6H2,1H3. The first kappa shape index (κ1) is 11.9. The van der Waals surface area contributed by atoms with Crippen LogP contribution in [0.1, 0.15) is 12.8 Å². The summed E-state index contributed by atoms with van der Waals surface area (Å²) < 4.78 is 40.6. The fourth-order valence-electron chi connectivity index (χ4n) is 1.14. The average Bonchev–Trinajstić information content (AvgIpc) is 2.92. The molecule has 0 saturated heterocycles. The zero-order chi connectivity index (χ0) is 11.5. The first-order valence-corrected chi connectivity index (χ1v) is 4.51. The minimum atomic E-state index is -4.25. The molecule has 0 N–H and O–H groups in total. The monoisotopic (exact) mass is 223 g/mol. The van der Waals surface area contributed by atoms with Crippen molar-refractivity contribution >= 4 is 5.97 Å². The van der Waals surface area contributed by atoms with Crippen molar-refractivity contribution < 1.29 is 22.7 Å². The fourth-order valence-corrected chi connectivity index (χ4v) is 1.14. The molecule has 15 heavy (non-hydrogen) atoms. The Kier molecular flexibility index (Phi) is 3.60. The van der Waals surface area contributed by atoms with Gasteiger partial charge in [-0.3, -0.25) is 0 Å². The van der Waals surface area contributed by atoms with E-state index in [1.54, 1.807) is 0 Å². The molecule has 86 valence electrons. The Bertz CT molecular complexity index is 259. The van der Waals surface area contributed by atoms with Gasteiger partial charge in [0, 0.05) is 18.3 Å². The molecule has 6 heteroatoms. The lowest BCUT2D eigenvalue weighted by Gasteiger charge is -2.21. The van der Waals surface area contributed by atoms with Crippen LogP contribution in [0.4, 0.5) is 13.2 Å². The van der Waals surface area contributed by atoms with Gasteiger partial charge in [0.15, 0.2) is 0 Å². The summed E-state index contributed by atoms with van der Waals surface area (Å²) in [6, 6.07) is -0.0902. The van der Waals surface area contributed by atoms with Crippen LogP contribution < -0.4 is 0 Å². The summed E-state index contributed by atoms with van der Waals surface area (Å²) in [5.74, 6) is -0.650. The van der Waals surface area contributed by atoms with Crippen molar-refractivity contribution in [1.29, 1.82) is 0 Å². The van der Waals surface area contributed by atoms with E-state index in [4.69, 9.17) is 0 Å². The third-order valence-corrected chi connectivity index (χ3v) is 1.98. The molecule has 1 aliphatic rings. The van der Waals surface area contributed by atoms with E-state index in [2.05, 4.69) is 4.74 Å². The summed E-state index contributed by atoms with van der Waals surface area (Å²) >= 11 is 0. The summed E-state index contributed by atoms with van der Waals surface area (Å²) in [5.41, 5.74) is 0. The smallest absolute Gasteiger partial charge is 0.405 e. The van der Waals surface area contributed by atoms with Gasteiger partial charge in [0.25, 0.3) is 0 Å². The molecule has 0 radical (unpaired) electrons. The van der Waals surface area contributed by atoms with Crippen LogP contribution in [0.5, 0.6) is 0 Å². The lowest BCUT2D eigenvalue weighted by Crippen LogP contribution is -2.32. The van der Waals surface area contributed by atoms with Gasteiger partial charge < -0.3 is 9.64 Å². The van der Waals surface area contributed by atoms with Crippen LogP contribution in [0.2, 0.25) is 0 Å². The summed E-state index contributed by atoms with van der Waals surface area (Å²) in [5, 5.41) is 0. The molecule has 0 aromatic carbocycles. The molecule has 1 rings (SSSR count). The quantitative estimate of drug-likeness (QED) is 0.536. The molecule has 0 aliphatic heterocycles. The number of hydrogen-bond acceptors (Lipinski definition) is 3. The van der Waals surface area contributed by atoms with Gasteiger partial charge in [-0.2, -0.15) is 13.2 Å². The summed E-state index contributed by atoms with van der Waals surface area (Å²) in [6.07, 6.45) is -0.618. The maximum atomic E-state index is 12.1. The molecule has 0 unspecified atom stereocenters. The van der Waals surface area contributed by atoms with Crippen LogP contribution in [-0.4, -0.2) is 36.7 Å². The number of methoxy groups -OCH3 is 1. The van der Waals surface area contributed by atoms with Gasteiger partial charge in [-0.05, 0) is 12.8 Å². The molecule has 1 saturated carbocycles. The molecule has 0 aromatic rings. The van der Waals surface area contributed by atoms with Crippen molar-refractivity contribution in [2.24, 2.45) is 0 Å². The second-order valence-corrected chi connectivity index (χ2v) is 3.36. The highest BCUT2D eigenvalue weighted by atomic mass is 19.4. The number of carbonyl (C=O) groups excluding carboxylic acids is 1. The zero-order valence-electron chi connectivity index (χ0n) is 8.25. The van der Waals surface area contributed by atoms with Crippen LogP contribution in [0, 0.1) is 0 Å². The molecule has 3 nitrogen and oxygen atoms in total. The Morgan fingerprint density at radius 1 is 1.53 bits per heavy atom. The molecule has 0 heterocycles. The lowest BCUT2D eigenvalue weighted by atomic mass is 10.4. The molecule has 1 fully saturated rings. The van der Waals surface area contributed by atoms with Gasteiger partial charge in [-0.25, -0.2) is 4.79 Å². The van der Waals surface area contributed by atoms with Gasteiger partial charge >= 0.3 is 12.1 Å². The third-order valence-electron chi connectivity index (χ3n) is 1.98. The second-order valence-electron chi connectivity index (χ2n) is 3.36. The van der Waals surface area contributed by atoms with E-state index in [1.807, 2.05) is 0 Å². The number of halogens is 3. The van der Waals surface area contributed by atoms with Crippen molar-refractivity contribution in [3.05, 3.63) is 12.3 Å². The maximum Gasteiger partial charge on any atom is 0.405 e. The van der Waals surface area contributed by atoms with Crippen molar-refractivity contribution in [3.8, 4) is 0 Å². The Morgan fingerprint density at radius 2 is 2.13 bits per heavy atom. The summed E-state index contributed by atoms with van der Waals surface area (Å²) in [7, 11) is 1.18. The average molecular weight is 223 g/mol. The SMILES string of the molecule is COC(=O)C=CN(CC(F)(F)F)C1CC1. The second kappa shape index (κ2) is 4.55. The van der Waals surface area contributed by atoms with E-state index >= 15 is 0 Å². The number of hydrogen-bond donors (Lipinski definition) is 0. The fraction of sp³-hybridized carbons (Fsp3) is 0.667. The normalized spacial score (nSPS) is 16.8. The predicted molar refractivity (Wildman–Crippen MR) is 46.9 cm³/mol. The minimum absolute atomic E-state index is 0.0902. The van der Waals surface area contributed by atoms with Crippen LogP contribution in [0.15, 0.2) is 12.3 Å². The maximum absolute atomic E-state index is 12.1. The van der Waals surface area contributed by atoms with E-state index in [0.29, 0.717) is 0 Å². The van der Waals surface area contributed by atoms with E-state index in [9.17, 15) is 18.0 Å². The molecule has 0 amide bonds. The van der Waals surface area contributed by atoms with Crippen LogP contribution in [0.3, 0.4) is 0 Å². The van der Waals surface area contributed by atoms with E-state index in [1.165, 1.54) is 7.11 Å². The number of carbonyl (C=O) groups is 1. The van der Waals surface area contributed by atoms with E-state index in [0.717, 1.165) is 30.0 Å². The predicted octanol–water partition coefficient (Wildman–Crippen LogP) is 1.70. The molecule has 0 atom stereocenters. The highest BCUT2D eigenvalue weighted by molar-refractivity contribution is 5.81. The first-order chi connectivity index (χ1) is 6.92. The first-order valence-electron chi connectivity index (χ1n) is 4.51. The molecule has 0 spiro atoms. The van der Waals surface area contributed by atoms with Crippen molar-refractivity contribution in [1.82, 2.24) is 4.90 Å². The molecule has 0 aromatic heterocycles. The van der Waals surface area contributed by atoms with Gasteiger partial charge in [0.1, 0.15) is 6.54 Å². The zero-order valence-corrected chi connectivity index (χ0v) is 8.25. The Labute approximate surface area is 85.5 Å². The molecule has 0 bridgehead atoms. The number of ether oxygens (including phenoxy) is 1.